The third-order valence-corrected chi connectivity index (χ3v) is 5.11. The molecule has 0 fully saturated rings. The average molecular weight is 381 g/mol. The Morgan fingerprint density at radius 1 is 1.00 bits per heavy atom. The lowest BCUT2D eigenvalue weighted by atomic mass is 10.3. The summed E-state index contributed by atoms with van der Waals surface area (Å²) >= 11 is 14.9. The van der Waals surface area contributed by atoms with Crippen molar-refractivity contribution in [3.63, 3.8) is 0 Å². The van der Waals surface area contributed by atoms with E-state index >= 15 is 0 Å². The number of anilines is 1. The molecule has 2 rings (SSSR count). The smallest absolute Gasteiger partial charge is 0.261 e. The third kappa shape index (κ3) is 3.42. The van der Waals surface area contributed by atoms with Crippen LogP contribution in [0.4, 0.5) is 5.69 Å². The minimum atomic E-state index is -3.70. The van der Waals surface area contributed by atoms with E-state index in [2.05, 4.69) is 20.7 Å². The van der Waals surface area contributed by atoms with E-state index in [-0.39, 0.29) is 9.92 Å². The Morgan fingerprint density at radius 3 is 2.32 bits per heavy atom. The van der Waals surface area contributed by atoms with Gasteiger partial charge in [0.25, 0.3) is 10.0 Å². The van der Waals surface area contributed by atoms with E-state index in [1.807, 2.05) is 0 Å². The van der Waals surface area contributed by atoms with Crippen LogP contribution in [0.2, 0.25) is 10.0 Å². The Morgan fingerprint density at radius 2 is 1.68 bits per heavy atom. The number of halogens is 3. The zero-order valence-corrected chi connectivity index (χ0v) is 13.3. The summed E-state index contributed by atoms with van der Waals surface area (Å²) in [5.41, 5.74) is 0.452. The van der Waals surface area contributed by atoms with E-state index in [0.717, 1.165) is 0 Å². The van der Waals surface area contributed by atoms with Gasteiger partial charge in [-0.3, -0.25) is 4.72 Å². The summed E-state index contributed by atoms with van der Waals surface area (Å²) in [4.78, 5) is 0.0534. The van der Waals surface area contributed by atoms with Crippen LogP contribution in [-0.2, 0) is 10.0 Å². The second-order valence-corrected chi connectivity index (χ2v) is 7.01. The number of para-hydroxylation sites is 1. The van der Waals surface area contributed by atoms with Crippen molar-refractivity contribution in [3.05, 3.63) is 57.0 Å². The molecule has 3 nitrogen and oxygen atoms in total. The summed E-state index contributed by atoms with van der Waals surface area (Å²) in [6, 6.07) is 11.1. The van der Waals surface area contributed by atoms with E-state index in [0.29, 0.717) is 15.2 Å². The molecule has 0 unspecified atom stereocenters. The third-order valence-electron chi connectivity index (χ3n) is 2.32. The van der Waals surface area contributed by atoms with Crippen molar-refractivity contribution in [2.24, 2.45) is 0 Å². The molecule has 0 atom stereocenters. The zero-order chi connectivity index (χ0) is 14.0. The molecule has 100 valence electrons. The summed E-state index contributed by atoms with van der Waals surface area (Å²) in [6.45, 7) is 0. The Hall–Kier alpha value is -0.750. The SMILES string of the molecule is O=S(=O)(Nc1ccccc1Br)c1ccc(Cl)c(Cl)c1. The van der Waals surface area contributed by atoms with Gasteiger partial charge < -0.3 is 0 Å². The monoisotopic (exact) mass is 379 g/mol. The lowest BCUT2D eigenvalue weighted by Crippen LogP contribution is -2.13. The van der Waals surface area contributed by atoms with E-state index < -0.39 is 10.0 Å². The van der Waals surface area contributed by atoms with Crippen molar-refractivity contribution in [2.75, 3.05) is 4.72 Å². The van der Waals surface area contributed by atoms with Crippen LogP contribution in [0.5, 0.6) is 0 Å². The predicted octanol–water partition coefficient (Wildman–Crippen LogP) is 4.56. The van der Waals surface area contributed by atoms with Gasteiger partial charge in [0.05, 0.1) is 20.6 Å². The maximum atomic E-state index is 12.2. The van der Waals surface area contributed by atoms with Crippen LogP contribution in [0.1, 0.15) is 0 Å². The second-order valence-electron chi connectivity index (χ2n) is 3.66. The van der Waals surface area contributed by atoms with Gasteiger partial charge in [-0.1, -0.05) is 35.3 Å². The highest BCUT2D eigenvalue weighted by Gasteiger charge is 2.16. The van der Waals surface area contributed by atoms with Crippen LogP contribution in [0.25, 0.3) is 0 Å². The molecule has 0 heterocycles. The molecule has 0 spiro atoms. The molecule has 7 heteroatoms. The van der Waals surface area contributed by atoms with Gasteiger partial charge in [0, 0.05) is 4.47 Å². The molecule has 0 aliphatic rings. The first-order valence-corrected chi connectivity index (χ1v) is 8.16. The molecule has 2 aromatic carbocycles. The van der Waals surface area contributed by atoms with Crippen molar-refractivity contribution in [2.45, 2.75) is 4.90 Å². The highest BCUT2D eigenvalue weighted by molar-refractivity contribution is 9.10. The van der Waals surface area contributed by atoms with E-state index in [1.165, 1.54) is 18.2 Å². The number of hydrogen-bond acceptors (Lipinski definition) is 2. The summed E-state index contributed by atoms with van der Waals surface area (Å²) < 4.78 is 27.5. The molecule has 0 aliphatic carbocycles. The largest absolute Gasteiger partial charge is 0.278 e. The van der Waals surface area contributed by atoms with Gasteiger partial charge in [0.15, 0.2) is 0 Å². The van der Waals surface area contributed by atoms with Crippen LogP contribution in [0.3, 0.4) is 0 Å². The van der Waals surface area contributed by atoms with Gasteiger partial charge in [-0.05, 0) is 46.3 Å². The molecule has 0 saturated carbocycles. The number of hydrogen-bond donors (Lipinski definition) is 1. The summed E-state index contributed by atoms with van der Waals surface area (Å²) in [6.07, 6.45) is 0. The lowest BCUT2D eigenvalue weighted by molar-refractivity contribution is 0.601. The van der Waals surface area contributed by atoms with Crippen LogP contribution in [0.15, 0.2) is 51.8 Å². The first-order chi connectivity index (χ1) is 8.90. The number of benzene rings is 2. The first-order valence-electron chi connectivity index (χ1n) is 5.12. The molecule has 0 saturated heterocycles. The Bertz CT molecular complexity index is 719. The topological polar surface area (TPSA) is 46.2 Å². The maximum Gasteiger partial charge on any atom is 0.261 e. The average Bonchev–Trinajstić information content (AvgIpc) is 2.35. The van der Waals surface area contributed by atoms with E-state index in [4.69, 9.17) is 23.2 Å². The summed E-state index contributed by atoms with van der Waals surface area (Å²) in [5.74, 6) is 0. The fourth-order valence-corrected chi connectivity index (χ4v) is 3.38. The normalized spacial score (nSPS) is 11.3. The van der Waals surface area contributed by atoms with Crippen LogP contribution >= 0.6 is 39.1 Å². The minimum Gasteiger partial charge on any atom is -0.278 e. The van der Waals surface area contributed by atoms with Crippen molar-refractivity contribution in [3.8, 4) is 0 Å². The van der Waals surface area contributed by atoms with Crippen molar-refractivity contribution >= 4 is 54.8 Å². The standard InChI is InChI=1S/C12H8BrCl2NO2S/c13-9-3-1-2-4-12(9)16-19(17,18)8-5-6-10(14)11(15)7-8/h1-7,16H. The first kappa shape index (κ1) is 14.7. The van der Waals surface area contributed by atoms with Crippen LogP contribution in [0, 0.1) is 0 Å². The van der Waals surface area contributed by atoms with E-state index in [1.54, 1.807) is 24.3 Å². The number of sulfonamides is 1. The van der Waals surface area contributed by atoms with Gasteiger partial charge >= 0.3 is 0 Å². The quantitative estimate of drug-likeness (QED) is 0.848. The molecular weight excluding hydrogens is 373 g/mol. The minimum absolute atomic E-state index is 0.0534. The van der Waals surface area contributed by atoms with Gasteiger partial charge in [-0.25, -0.2) is 8.42 Å². The fourth-order valence-electron chi connectivity index (χ4n) is 1.39. The summed E-state index contributed by atoms with van der Waals surface area (Å²) in [7, 11) is -3.70. The van der Waals surface area contributed by atoms with Gasteiger partial charge in [0.1, 0.15) is 0 Å². The highest BCUT2D eigenvalue weighted by Crippen LogP contribution is 2.28. The van der Waals surface area contributed by atoms with Crippen molar-refractivity contribution < 1.29 is 8.42 Å². The zero-order valence-electron chi connectivity index (χ0n) is 9.40. The Balaban J connectivity index is 2.38. The molecule has 1 N–H and O–H groups in total. The fraction of sp³-hybridized carbons (Fsp3) is 0. The maximum absolute atomic E-state index is 12.2. The molecule has 0 bridgehead atoms. The molecule has 0 aromatic heterocycles. The van der Waals surface area contributed by atoms with Crippen molar-refractivity contribution in [1.82, 2.24) is 0 Å². The summed E-state index contributed by atoms with van der Waals surface area (Å²) in [5, 5.41) is 0.498. The van der Waals surface area contributed by atoms with E-state index in [9.17, 15) is 8.42 Å². The molecule has 19 heavy (non-hydrogen) atoms. The Labute approximate surface area is 129 Å². The Kier molecular flexibility index (Phi) is 4.40. The van der Waals surface area contributed by atoms with Gasteiger partial charge in [-0.15, -0.1) is 0 Å². The van der Waals surface area contributed by atoms with Gasteiger partial charge in [0.2, 0.25) is 0 Å². The van der Waals surface area contributed by atoms with Crippen molar-refractivity contribution in [1.29, 1.82) is 0 Å². The highest BCUT2D eigenvalue weighted by atomic mass is 79.9. The molecule has 0 amide bonds. The molecular formula is C12H8BrCl2NO2S. The van der Waals surface area contributed by atoms with Gasteiger partial charge in [-0.2, -0.15) is 0 Å². The molecule has 2 aromatic rings. The molecule has 0 radical (unpaired) electrons. The van der Waals surface area contributed by atoms with Crippen LogP contribution < -0.4 is 4.72 Å². The second kappa shape index (κ2) is 5.71. The molecule has 0 aliphatic heterocycles. The van der Waals surface area contributed by atoms with Crippen LogP contribution in [-0.4, -0.2) is 8.42 Å². The number of nitrogens with one attached hydrogen (secondary N) is 1. The predicted molar refractivity (Wildman–Crippen MR) is 81.4 cm³/mol. The number of rotatable bonds is 3. The lowest BCUT2D eigenvalue weighted by Gasteiger charge is -2.10.